The van der Waals surface area contributed by atoms with Gasteiger partial charge in [-0.25, -0.2) is 17.6 Å². The summed E-state index contributed by atoms with van der Waals surface area (Å²) in [6.45, 7) is 2.90. The number of hydrogen-bond acceptors (Lipinski definition) is 2. The van der Waals surface area contributed by atoms with E-state index in [1.165, 1.54) is 0 Å². The Morgan fingerprint density at radius 1 is 1.38 bits per heavy atom. The largest absolute Gasteiger partial charge is 0.435 e. The molecule has 1 aliphatic carbocycles. The van der Waals surface area contributed by atoms with Crippen molar-refractivity contribution >= 4 is 5.97 Å². The van der Waals surface area contributed by atoms with Crippen LogP contribution < -0.4 is 0 Å². The minimum absolute atomic E-state index is 0.548. The quantitative estimate of drug-likeness (QED) is 0.385. The summed E-state index contributed by atoms with van der Waals surface area (Å²) >= 11 is 0. The van der Waals surface area contributed by atoms with Crippen molar-refractivity contribution in [1.29, 1.82) is 0 Å². The Bertz CT molecular complexity index is 235. The highest BCUT2D eigenvalue weighted by molar-refractivity contribution is 5.77. The SMILES string of the molecule is C=COC(=O)C1C(F)(F)CC1(F)F. The van der Waals surface area contributed by atoms with Crippen LogP contribution in [0.4, 0.5) is 17.6 Å². The van der Waals surface area contributed by atoms with Crippen LogP contribution in [0.5, 0.6) is 0 Å². The van der Waals surface area contributed by atoms with Crippen molar-refractivity contribution in [2.24, 2.45) is 5.92 Å². The lowest BCUT2D eigenvalue weighted by Gasteiger charge is -2.41. The van der Waals surface area contributed by atoms with Crippen molar-refractivity contribution in [3.63, 3.8) is 0 Å². The molecular weight excluding hydrogens is 192 g/mol. The molecule has 0 radical (unpaired) electrons. The molecule has 0 N–H and O–H groups in total. The number of alkyl halides is 4. The Labute approximate surface area is 71.2 Å². The van der Waals surface area contributed by atoms with Gasteiger partial charge >= 0.3 is 5.97 Å². The molecule has 0 bridgehead atoms. The van der Waals surface area contributed by atoms with Gasteiger partial charge in [-0.2, -0.15) is 0 Å². The Kier molecular flexibility index (Phi) is 2.09. The van der Waals surface area contributed by atoms with Gasteiger partial charge in [0.1, 0.15) is 0 Å². The lowest BCUT2D eigenvalue weighted by molar-refractivity contribution is -0.280. The molecular formula is C7H6F4O2. The van der Waals surface area contributed by atoms with E-state index in [0.29, 0.717) is 6.26 Å². The van der Waals surface area contributed by atoms with E-state index in [-0.39, 0.29) is 0 Å². The average Bonchev–Trinajstić information content (AvgIpc) is 1.81. The van der Waals surface area contributed by atoms with Gasteiger partial charge in [0.15, 0.2) is 5.92 Å². The third-order valence-electron chi connectivity index (χ3n) is 1.75. The smallest absolute Gasteiger partial charge is 0.326 e. The zero-order valence-corrected chi connectivity index (χ0v) is 6.40. The molecule has 0 aromatic rings. The highest BCUT2D eigenvalue weighted by atomic mass is 19.3. The van der Waals surface area contributed by atoms with Gasteiger partial charge in [0.05, 0.1) is 12.7 Å². The second kappa shape index (κ2) is 2.71. The summed E-state index contributed by atoms with van der Waals surface area (Å²) in [5, 5.41) is 0. The first kappa shape index (κ1) is 10.0. The molecule has 0 aromatic heterocycles. The maximum atomic E-state index is 12.5. The van der Waals surface area contributed by atoms with E-state index in [1.807, 2.05) is 0 Å². The molecule has 0 aromatic carbocycles. The lowest BCUT2D eigenvalue weighted by atomic mass is 9.76. The zero-order chi connectivity index (χ0) is 10.3. The number of ether oxygens (including phenoxy) is 1. The first-order valence-electron chi connectivity index (χ1n) is 3.38. The fourth-order valence-electron chi connectivity index (χ4n) is 1.19. The second-order valence-electron chi connectivity index (χ2n) is 2.74. The number of halogens is 4. The molecule has 0 aliphatic heterocycles. The molecule has 1 aliphatic rings. The van der Waals surface area contributed by atoms with Gasteiger partial charge in [-0.3, -0.25) is 4.79 Å². The Hall–Kier alpha value is -1.07. The molecule has 0 amide bonds. The number of rotatable bonds is 2. The van der Waals surface area contributed by atoms with Gasteiger partial charge in [-0.1, -0.05) is 6.58 Å². The summed E-state index contributed by atoms with van der Waals surface area (Å²) < 4.78 is 53.7. The molecule has 0 unspecified atom stereocenters. The Balaban J connectivity index is 2.76. The van der Waals surface area contributed by atoms with E-state index in [1.54, 1.807) is 0 Å². The minimum atomic E-state index is -3.68. The molecule has 1 saturated carbocycles. The summed E-state index contributed by atoms with van der Waals surface area (Å²) in [7, 11) is 0. The van der Waals surface area contributed by atoms with E-state index >= 15 is 0 Å². The molecule has 0 spiro atoms. The third kappa shape index (κ3) is 1.52. The highest BCUT2D eigenvalue weighted by Crippen LogP contribution is 2.54. The molecule has 6 heteroatoms. The van der Waals surface area contributed by atoms with Crippen molar-refractivity contribution in [3.8, 4) is 0 Å². The predicted octanol–water partition coefficient (Wildman–Crippen LogP) is 1.96. The maximum absolute atomic E-state index is 12.5. The van der Waals surface area contributed by atoms with Crippen LogP contribution in [0.2, 0.25) is 0 Å². The maximum Gasteiger partial charge on any atom is 0.326 e. The predicted molar refractivity (Wildman–Crippen MR) is 34.3 cm³/mol. The first-order chi connectivity index (χ1) is 5.81. The van der Waals surface area contributed by atoms with Gasteiger partial charge in [-0.15, -0.1) is 0 Å². The van der Waals surface area contributed by atoms with Crippen LogP contribution in [-0.4, -0.2) is 17.8 Å². The summed E-state index contributed by atoms with van der Waals surface area (Å²) in [5.41, 5.74) is 0. The van der Waals surface area contributed by atoms with Crippen LogP contribution in [-0.2, 0) is 9.53 Å². The summed E-state index contributed by atoms with van der Waals surface area (Å²) in [4.78, 5) is 10.6. The fourth-order valence-corrected chi connectivity index (χ4v) is 1.19. The molecule has 1 rings (SSSR count). The molecule has 13 heavy (non-hydrogen) atoms. The van der Waals surface area contributed by atoms with Crippen LogP contribution in [0.1, 0.15) is 6.42 Å². The zero-order valence-electron chi connectivity index (χ0n) is 6.40. The minimum Gasteiger partial charge on any atom is -0.435 e. The normalized spacial score (nSPS) is 24.6. The van der Waals surface area contributed by atoms with E-state index in [9.17, 15) is 22.4 Å². The molecule has 0 atom stereocenters. The number of carbonyl (C=O) groups excluding carboxylic acids is 1. The van der Waals surface area contributed by atoms with Crippen molar-refractivity contribution in [2.75, 3.05) is 0 Å². The van der Waals surface area contributed by atoms with E-state index in [4.69, 9.17) is 0 Å². The standard InChI is InChI=1S/C7H6F4O2/c1-2-13-5(12)4-6(8,9)3-7(4,10)11/h2,4H,1,3H2. The molecule has 2 nitrogen and oxygen atoms in total. The molecule has 0 heterocycles. The number of hydrogen-bond donors (Lipinski definition) is 0. The molecule has 1 fully saturated rings. The van der Waals surface area contributed by atoms with Gasteiger partial charge in [0.25, 0.3) is 11.8 Å². The van der Waals surface area contributed by atoms with Crippen molar-refractivity contribution in [3.05, 3.63) is 12.8 Å². The van der Waals surface area contributed by atoms with Crippen molar-refractivity contribution in [2.45, 2.75) is 18.3 Å². The van der Waals surface area contributed by atoms with Gasteiger partial charge in [-0.05, 0) is 0 Å². The summed E-state index contributed by atoms with van der Waals surface area (Å²) in [6.07, 6.45) is -1.05. The first-order valence-corrected chi connectivity index (χ1v) is 3.38. The lowest BCUT2D eigenvalue weighted by Crippen LogP contribution is -2.60. The van der Waals surface area contributed by atoms with Crippen LogP contribution in [0.25, 0.3) is 0 Å². The van der Waals surface area contributed by atoms with Gasteiger partial charge in [0, 0.05) is 0 Å². The van der Waals surface area contributed by atoms with Crippen LogP contribution in [0.3, 0.4) is 0 Å². The third-order valence-corrected chi connectivity index (χ3v) is 1.75. The van der Waals surface area contributed by atoms with Crippen LogP contribution >= 0.6 is 0 Å². The fraction of sp³-hybridized carbons (Fsp3) is 0.571. The number of esters is 1. The van der Waals surface area contributed by atoms with Gasteiger partial charge < -0.3 is 4.74 Å². The van der Waals surface area contributed by atoms with E-state index in [0.717, 1.165) is 0 Å². The molecule has 0 saturated heterocycles. The van der Waals surface area contributed by atoms with E-state index < -0.39 is 30.2 Å². The molecule has 74 valence electrons. The Morgan fingerprint density at radius 3 is 2.15 bits per heavy atom. The number of carbonyl (C=O) groups is 1. The van der Waals surface area contributed by atoms with E-state index in [2.05, 4.69) is 11.3 Å². The van der Waals surface area contributed by atoms with Crippen LogP contribution in [0.15, 0.2) is 12.8 Å². The van der Waals surface area contributed by atoms with Crippen LogP contribution in [0, 0.1) is 5.92 Å². The second-order valence-corrected chi connectivity index (χ2v) is 2.74. The average molecular weight is 198 g/mol. The summed E-state index contributed by atoms with van der Waals surface area (Å²) in [6, 6.07) is 0. The monoisotopic (exact) mass is 198 g/mol. The van der Waals surface area contributed by atoms with Crippen molar-refractivity contribution < 1.29 is 27.1 Å². The van der Waals surface area contributed by atoms with Crippen molar-refractivity contribution in [1.82, 2.24) is 0 Å². The summed E-state index contributed by atoms with van der Waals surface area (Å²) in [5.74, 6) is -11.7. The topological polar surface area (TPSA) is 26.3 Å². The van der Waals surface area contributed by atoms with Gasteiger partial charge in [0.2, 0.25) is 0 Å². The highest BCUT2D eigenvalue weighted by Gasteiger charge is 2.72. The Morgan fingerprint density at radius 2 is 1.85 bits per heavy atom.